The van der Waals surface area contributed by atoms with E-state index in [-0.39, 0.29) is 5.75 Å². The number of rotatable bonds is 3. The summed E-state index contributed by atoms with van der Waals surface area (Å²) >= 11 is 0. The normalized spacial score (nSPS) is 17.6. The molecule has 23 heavy (non-hydrogen) atoms. The van der Waals surface area contributed by atoms with Gasteiger partial charge in [-0.1, -0.05) is 6.08 Å². The maximum absolute atomic E-state index is 11.9. The van der Waals surface area contributed by atoms with Crippen LogP contribution in [0.5, 0.6) is 5.75 Å². The van der Waals surface area contributed by atoms with Crippen LogP contribution >= 0.6 is 0 Å². The number of hydrogen-bond donors (Lipinski definition) is 3. The Hall–Kier alpha value is -3.22. The summed E-state index contributed by atoms with van der Waals surface area (Å²) in [6.45, 7) is 0. The van der Waals surface area contributed by atoms with E-state index in [1.165, 1.54) is 18.3 Å². The molecule has 118 valence electrons. The molecule has 1 aliphatic rings. The number of amides is 2. The van der Waals surface area contributed by atoms with Gasteiger partial charge in [-0.05, 0) is 42.0 Å². The lowest BCUT2D eigenvalue weighted by atomic mass is 10.1. The molecular weight excluding hydrogens is 294 g/mol. The first-order chi connectivity index (χ1) is 11.1. The first kappa shape index (κ1) is 16.2. The molecular formula is C16H17N5O2. The second-order valence-electron chi connectivity index (χ2n) is 4.54. The molecule has 0 fully saturated rings. The summed E-state index contributed by atoms with van der Waals surface area (Å²) in [5, 5.41) is 15.7. The molecule has 0 unspecified atom stereocenters. The second kappa shape index (κ2) is 7.69. The monoisotopic (exact) mass is 311 g/mol. The van der Waals surface area contributed by atoms with Crippen molar-refractivity contribution in [2.24, 2.45) is 15.1 Å². The molecule has 0 spiro atoms. The average Bonchev–Trinajstić information content (AvgIpc) is 2.56. The number of carbonyl (C=O) groups excluding carboxylic acids is 1. The number of hydrazone groups is 1. The molecule has 0 aromatic heterocycles. The number of aliphatic imine (C=N–C) groups is 2. The van der Waals surface area contributed by atoms with Gasteiger partial charge in [-0.25, -0.2) is 10.2 Å². The molecule has 2 rings (SSSR count). The van der Waals surface area contributed by atoms with Crippen molar-refractivity contribution in [1.82, 2.24) is 10.7 Å². The minimum Gasteiger partial charge on any atom is -0.508 e. The Labute approximate surface area is 133 Å². The maximum atomic E-state index is 11.9. The van der Waals surface area contributed by atoms with Crippen LogP contribution in [0.2, 0.25) is 0 Å². The van der Waals surface area contributed by atoms with Crippen LogP contribution in [0, 0.1) is 0 Å². The number of hydrogen-bond acceptors (Lipinski definition) is 5. The van der Waals surface area contributed by atoms with E-state index in [0.717, 1.165) is 5.56 Å². The van der Waals surface area contributed by atoms with Crippen LogP contribution in [0.25, 0.3) is 0 Å². The third kappa shape index (κ3) is 4.37. The van der Waals surface area contributed by atoms with E-state index < -0.39 is 6.03 Å². The van der Waals surface area contributed by atoms with Crippen LogP contribution < -0.4 is 10.7 Å². The predicted molar refractivity (Wildman–Crippen MR) is 91.3 cm³/mol. The van der Waals surface area contributed by atoms with Crippen molar-refractivity contribution in [3.63, 3.8) is 0 Å². The Morgan fingerprint density at radius 1 is 1.17 bits per heavy atom. The number of urea groups is 1. The Morgan fingerprint density at radius 3 is 2.57 bits per heavy atom. The van der Waals surface area contributed by atoms with Gasteiger partial charge in [-0.3, -0.25) is 9.98 Å². The van der Waals surface area contributed by atoms with Gasteiger partial charge in [0.1, 0.15) is 11.5 Å². The molecule has 7 nitrogen and oxygen atoms in total. The molecule has 3 N–H and O–H groups in total. The zero-order valence-electron chi connectivity index (χ0n) is 12.8. The topological polar surface area (TPSA) is 98.4 Å². The smallest absolute Gasteiger partial charge is 0.339 e. The van der Waals surface area contributed by atoms with E-state index in [2.05, 4.69) is 25.8 Å². The second-order valence-corrected chi connectivity index (χ2v) is 4.54. The van der Waals surface area contributed by atoms with E-state index in [9.17, 15) is 9.90 Å². The van der Waals surface area contributed by atoms with E-state index in [1.54, 1.807) is 38.4 Å². The lowest BCUT2D eigenvalue weighted by molar-refractivity contribution is 0.244. The van der Waals surface area contributed by atoms with Crippen LogP contribution in [0.15, 0.2) is 63.3 Å². The molecule has 0 saturated heterocycles. The first-order valence-corrected chi connectivity index (χ1v) is 6.86. The van der Waals surface area contributed by atoms with Crippen LogP contribution in [-0.2, 0) is 0 Å². The van der Waals surface area contributed by atoms with Gasteiger partial charge in [0.2, 0.25) is 0 Å². The van der Waals surface area contributed by atoms with Crippen LogP contribution in [0.4, 0.5) is 4.79 Å². The van der Waals surface area contributed by atoms with Gasteiger partial charge in [0.25, 0.3) is 0 Å². The summed E-state index contributed by atoms with van der Waals surface area (Å²) in [6.07, 6.45) is 6.81. The minimum atomic E-state index is -0.488. The highest BCUT2D eigenvalue weighted by atomic mass is 16.3. The zero-order valence-corrected chi connectivity index (χ0v) is 12.8. The van der Waals surface area contributed by atoms with Crippen molar-refractivity contribution in [2.45, 2.75) is 0 Å². The molecule has 2 amide bonds. The Morgan fingerprint density at radius 2 is 1.91 bits per heavy atom. The molecule has 1 aromatic rings. The van der Waals surface area contributed by atoms with Gasteiger partial charge in [-0.2, -0.15) is 5.10 Å². The number of nitrogens with zero attached hydrogens (tertiary/aromatic N) is 3. The molecule has 0 heterocycles. The fraction of sp³-hybridized carbons (Fsp3) is 0.125. The SMILES string of the molecule is C/N=C1/C=CC=C(NC(=O)N/N=C/c2ccc(O)cc2)/C1=N/C. The van der Waals surface area contributed by atoms with Crippen molar-refractivity contribution in [1.29, 1.82) is 0 Å². The number of phenolic OH excluding ortho intramolecular Hbond substituents is 1. The number of nitrogens with one attached hydrogen (secondary N) is 2. The fourth-order valence-corrected chi connectivity index (χ4v) is 1.92. The van der Waals surface area contributed by atoms with Crippen molar-refractivity contribution in [2.75, 3.05) is 14.1 Å². The Balaban J connectivity index is 1.96. The molecule has 0 radical (unpaired) electrons. The molecule has 0 bridgehead atoms. The first-order valence-electron chi connectivity index (χ1n) is 6.86. The van der Waals surface area contributed by atoms with Gasteiger partial charge in [-0.15, -0.1) is 0 Å². The Kier molecular flexibility index (Phi) is 5.40. The average molecular weight is 311 g/mol. The number of benzene rings is 1. The number of aromatic hydroxyl groups is 1. The maximum Gasteiger partial charge on any atom is 0.339 e. The van der Waals surface area contributed by atoms with Crippen molar-refractivity contribution >= 4 is 23.7 Å². The quantitative estimate of drug-likeness (QED) is 0.449. The highest BCUT2D eigenvalue weighted by Crippen LogP contribution is 2.08. The molecule has 7 heteroatoms. The Bertz CT molecular complexity index is 727. The van der Waals surface area contributed by atoms with E-state index >= 15 is 0 Å². The van der Waals surface area contributed by atoms with Crippen LogP contribution in [0.1, 0.15) is 5.56 Å². The van der Waals surface area contributed by atoms with E-state index in [4.69, 9.17) is 0 Å². The van der Waals surface area contributed by atoms with Gasteiger partial charge >= 0.3 is 6.03 Å². The predicted octanol–water partition coefficient (Wildman–Crippen LogP) is 1.62. The van der Waals surface area contributed by atoms with Crippen LogP contribution in [-0.4, -0.2) is 42.9 Å². The number of allylic oxidation sites excluding steroid dienone is 4. The summed E-state index contributed by atoms with van der Waals surface area (Å²) in [4.78, 5) is 20.1. The van der Waals surface area contributed by atoms with Gasteiger partial charge in [0.05, 0.1) is 17.6 Å². The summed E-state index contributed by atoms with van der Waals surface area (Å²) < 4.78 is 0. The molecule has 1 aromatic carbocycles. The minimum absolute atomic E-state index is 0.171. The van der Waals surface area contributed by atoms with Gasteiger partial charge < -0.3 is 10.4 Å². The summed E-state index contributed by atoms with van der Waals surface area (Å²) in [5.74, 6) is 0.171. The van der Waals surface area contributed by atoms with Crippen LogP contribution in [0.3, 0.4) is 0 Å². The van der Waals surface area contributed by atoms with Gasteiger partial charge in [0.15, 0.2) is 0 Å². The standard InChI is InChI=1S/C16H17N5O2/c1-17-13-4-3-5-14(15(13)18-2)20-16(23)21-19-10-11-6-8-12(22)9-7-11/h3-10,22H,1-2H3,(H2,20,21,23)/b17-13-,18-15+,19-10+. The van der Waals surface area contributed by atoms with Crippen molar-refractivity contribution < 1.29 is 9.90 Å². The number of phenols is 1. The summed E-state index contributed by atoms with van der Waals surface area (Å²) in [5.41, 5.74) is 4.96. The highest BCUT2D eigenvalue weighted by molar-refractivity contribution is 6.52. The third-order valence-corrected chi connectivity index (χ3v) is 3.00. The van der Waals surface area contributed by atoms with Crippen molar-refractivity contribution in [3.8, 4) is 5.75 Å². The third-order valence-electron chi connectivity index (χ3n) is 3.00. The summed E-state index contributed by atoms with van der Waals surface area (Å²) in [6, 6.07) is 5.95. The highest BCUT2D eigenvalue weighted by Gasteiger charge is 2.15. The van der Waals surface area contributed by atoms with E-state index in [0.29, 0.717) is 17.1 Å². The lowest BCUT2D eigenvalue weighted by Gasteiger charge is -2.14. The zero-order chi connectivity index (χ0) is 16.7. The largest absolute Gasteiger partial charge is 0.508 e. The molecule has 0 atom stereocenters. The molecule has 0 aliphatic heterocycles. The number of carbonyl (C=O) groups is 1. The fourth-order valence-electron chi connectivity index (χ4n) is 1.92. The van der Waals surface area contributed by atoms with Crippen molar-refractivity contribution in [3.05, 3.63) is 53.8 Å². The van der Waals surface area contributed by atoms with E-state index in [1.807, 2.05) is 6.08 Å². The van der Waals surface area contributed by atoms with Gasteiger partial charge in [0, 0.05) is 14.1 Å². The molecule has 1 aliphatic carbocycles. The summed E-state index contributed by atoms with van der Waals surface area (Å²) in [7, 11) is 3.30. The molecule has 0 saturated carbocycles. The lowest BCUT2D eigenvalue weighted by Crippen LogP contribution is -2.37.